The second-order valence-corrected chi connectivity index (χ2v) is 9.66. The molecule has 0 unspecified atom stereocenters. The van der Waals surface area contributed by atoms with Crippen molar-refractivity contribution in [3.63, 3.8) is 0 Å². The fourth-order valence-corrected chi connectivity index (χ4v) is 4.79. The summed E-state index contributed by atoms with van der Waals surface area (Å²) in [6.45, 7) is 3.14. The van der Waals surface area contributed by atoms with Gasteiger partial charge in [0.25, 0.3) is 0 Å². The van der Waals surface area contributed by atoms with Gasteiger partial charge in [-0.15, -0.1) is 0 Å². The van der Waals surface area contributed by atoms with Crippen LogP contribution < -0.4 is 19.5 Å². The number of fused-ring (bicyclic) bond motifs is 2. The second-order valence-electron chi connectivity index (χ2n) is 7.89. The maximum absolute atomic E-state index is 12.5. The number of unbranched alkanes of at least 4 members (excludes halogenated alkanes) is 2. The summed E-state index contributed by atoms with van der Waals surface area (Å²) in [4.78, 5) is 16.9. The Labute approximate surface area is 193 Å². The summed E-state index contributed by atoms with van der Waals surface area (Å²) < 4.78 is 38.5. The minimum Gasteiger partial charge on any atom is -0.486 e. The van der Waals surface area contributed by atoms with Crippen LogP contribution in [-0.4, -0.2) is 39.1 Å². The van der Waals surface area contributed by atoms with Gasteiger partial charge in [-0.2, -0.15) is 0 Å². The van der Waals surface area contributed by atoms with Gasteiger partial charge in [-0.05, 0) is 55.7 Å². The zero-order valence-corrected chi connectivity index (χ0v) is 19.3. The molecule has 174 valence electrons. The zero-order valence-electron chi connectivity index (χ0n) is 18.5. The van der Waals surface area contributed by atoms with Gasteiger partial charge in [-0.25, -0.2) is 13.1 Å². The van der Waals surface area contributed by atoms with Crippen molar-refractivity contribution in [1.29, 1.82) is 0 Å². The number of carbonyl (C=O) groups is 1. The van der Waals surface area contributed by atoms with Crippen LogP contribution in [0.15, 0.2) is 53.6 Å². The van der Waals surface area contributed by atoms with E-state index in [4.69, 9.17) is 9.47 Å². The predicted molar refractivity (Wildman–Crippen MR) is 126 cm³/mol. The van der Waals surface area contributed by atoms with E-state index in [0.717, 1.165) is 28.6 Å². The number of anilines is 1. The molecule has 0 saturated carbocycles. The van der Waals surface area contributed by atoms with Crippen LogP contribution in [0.2, 0.25) is 0 Å². The lowest BCUT2D eigenvalue weighted by molar-refractivity contribution is -0.116. The van der Waals surface area contributed by atoms with Crippen molar-refractivity contribution < 1.29 is 22.7 Å². The molecule has 1 aliphatic rings. The van der Waals surface area contributed by atoms with E-state index in [1.807, 2.05) is 31.2 Å². The number of hydrogen-bond donors (Lipinski definition) is 2. The molecule has 0 saturated heterocycles. The number of rotatable bonds is 9. The van der Waals surface area contributed by atoms with Crippen molar-refractivity contribution >= 4 is 32.5 Å². The first-order chi connectivity index (χ1) is 15.9. The van der Waals surface area contributed by atoms with Crippen LogP contribution in [0.3, 0.4) is 0 Å². The number of aromatic nitrogens is 1. The molecule has 1 aliphatic heterocycles. The van der Waals surface area contributed by atoms with Gasteiger partial charge in [-0.3, -0.25) is 9.78 Å². The number of amides is 1. The Morgan fingerprint density at radius 1 is 1.03 bits per heavy atom. The number of nitrogens with zero attached hydrogens (tertiary/aromatic N) is 1. The average Bonchev–Trinajstić information content (AvgIpc) is 2.83. The highest BCUT2D eigenvalue weighted by atomic mass is 32.2. The molecule has 0 spiro atoms. The van der Waals surface area contributed by atoms with Crippen molar-refractivity contribution in [2.24, 2.45) is 0 Å². The molecular weight excluding hydrogens is 442 g/mol. The normalized spacial score (nSPS) is 13.1. The Kier molecular flexibility index (Phi) is 7.10. The summed E-state index contributed by atoms with van der Waals surface area (Å²) in [5.41, 5.74) is 2.68. The van der Waals surface area contributed by atoms with Crippen LogP contribution in [0.5, 0.6) is 11.5 Å². The first-order valence-corrected chi connectivity index (χ1v) is 12.5. The van der Waals surface area contributed by atoms with Gasteiger partial charge in [0.05, 0.1) is 16.1 Å². The minimum atomic E-state index is -3.63. The molecule has 33 heavy (non-hydrogen) atoms. The smallest absolute Gasteiger partial charge is 0.240 e. The lowest BCUT2D eigenvalue weighted by Gasteiger charge is -2.18. The molecule has 8 nitrogen and oxygen atoms in total. The Morgan fingerprint density at radius 3 is 2.70 bits per heavy atom. The van der Waals surface area contributed by atoms with E-state index in [1.165, 1.54) is 12.1 Å². The number of benzene rings is 2. The summed E-state index contributed by atoms with van der Waals surface area (Å²) >= 11 is 0. The van der Waals surface area contributed by atoms with Gasteiger partial charge in [0, 0.05) is 30.6 Å². The number of aryl methyl sites for hydroxylation is 1. The molecule has 4 rings (SSSR count). The van der Waals surface area contributed by atoms with Gasteiger partial charge in [0.2, 0.25) is 15.9 Å². The van der Waals surface area contributed by atoms with Gasteiger partial charge in [0.1, 0.15) is 13.2 Å². The molecule has 0 aliphatic carbocycles. The maximum atomic E-state index is 12.5. The van der Waals surface area contributed by atoms with Gasteiger partial charge >= 0.3 is 0 Å². The van der Waals surface area contributed by atoms with Crippen molar-refractivity contribution in [2.75, 3.05) is 25.1 Å². The monoisotopic (exact) mass is 469 g/mol. The maximum Gasteiger partial charge on any atom is 0.240 e. The van der Waals surface area contributed by atoms with Crippen LogP contribution >= 0.6 is 0 Å². The summed E-state index contributed by atoms with van der Waals surface area (Å²) in [5, 5.41) is 3.88. The lowest BCUT2D eigenvalue weighted by Crippen LogP contribution is -2.25. The highest BCUT2D eigenvalue weighted by Crippen LogP contribution is 2.32. The molecule has 2 heterocycles. The fourth-order valence-electron chi connectivity index (χ4n) is 3.70. The van der Waals surface area contributed by atoms with Crippen LogP contribution in [0.25, 0.3) is 10.9 Å². The van der Waals surface area contributed by atoms with Crippen molar-refractivity contribution in [2.45, 2.75) is 37.5 Å². The third kappa shape index (κ3) is 5.61. The predicted octanol–water partition coefficient (Wildman–Crippen LogP) is 3.79. The Hall–Kier alpha value is -3.17. The third-order valence-electron chi connectivity index (χ3n) is 5.44. The van der Waals surface area contributed by atoms with Crippen LogP contribution in [0.1, 0.15) is 31.2 Å². The summed E-state index contributed by atoms with van der Waals surface area (Å²) in [5.74, 6) is 0.918. The number of sulfonamides is 1. The highest BCUT2D eigenvalue weighted by Gasteiger charge is 2.19. The lowest BCUT2D eigenvalue weighted by atomic mass is 10.1. The molecule has 0 radical (unpaired) electrons. The molecule has 0 bridgehead atoms. The topological polar surface area (TPSA) is 107 Å². The number of carbonyl (C=O) groups excluding carboxylic acids is 1. The number of pyridine rings is 1. The Morgan fingerprint density at radius 2 is 1.85 bits per heavy atom. The summed E-state index contributed by atoms with van der Waals surface area (Å²) in [6.07, 6.45) is 4.13. The number of ether oxygens (including phenoxy) is 2. The third-order valence-corrected chi connectivity index (χ3v) is 6.90. The molecule has 3 aromatic rings. The molecule has 2 N–H and O–H groups in total. The molecule has 9 heteroatoms. The van der Waals surface area contributed by atoms with E-state index >= 15 is 0 Å². The molecule has 2 aromatic carbocycles. The van der Waals surface area contributed by atoms with Crippen molar-refractivity contribution in [1.82, 2.24) is 9.71 Å². The average molecular weight is 470 g/mol. The Balaban J connectivity index is 1.21. The van der Waals surface area contributed by atoms with Gasteiger partial charge in [0.15, 0.2) is 11.5 Å². The van der Waals surface area contributed by atoms with Gasteiger partial charge in [-0.1, -0.05) is 12.5 Å². The quantitative estimate of drug-likeness (QED) is 0.462. The fraction of sp³-hybridized carbons (Fsp3) is 0.333. The molecule has 1 aromatic heterocycles. The number of hydrogen-bond acceptors (Lipinski definition) is 6. The van der Waals surface area contributed by atoms with Crippen molar-refractivity contribution in [3.8, 4) is 11.5 Å². The second kappa shape index (κ2) is 10.2. The zero-order chi connectivity index (χ0) is 23.3. The molecule has 1 amide bonds. The minimum absolute atomic E-state index is 0.0686. The van der Waals surface area contributed by atoms with E-state index < -0.39 is 10.0 Å². The number of nitrogens with one attached hydrogen (secondary N) is 2. The van der Waals surface area contributed by atoms with E-state index in [9.17, 15) is 13.2 Å². The Bertz CT molecular complexity index is 1260. The molecule has 0 atom stereocenters. The standard InChI is InChI=1S/C24H27N3O5S/c1-17-8-10-20(19-6-5-12-25-24(17)19)27-23(28)7-3-2-4-13-26-33(29,30)18-9-11-21-22(16-18)32-15-14-31-21/h5-6,8-12,16,26H,2-4,7,13-15H2,1H3,(H,27,28). The highest BCUT2D eigenvalue weighted by molar-refractivity contribution is 7.89. The first kappa shape index (κ1) is 23.0. The van der Waals surface area contributed by atoms with Crippen molar-refractivity contribution in [3.05, 3.63) is 54.2 Å². The van der Waals surface area contributed by atoms with E-state index in [2.05, 4.69) is 15.0 Å². The first-order valence-electron chi connectivity index (χ1n) is 11.0. The van der Waals surface area contributed by atoms with E-state index in [0.29, 0.717) is 50.5 Å². The van der Waals surface area contributed by atoms with E-state index in [-0.39, 0.29) is 10.8 Å². The largest absolute Gasteiger partial charge is 0.486 e. The van der Waals surface area contributed by atoms with Crippen LogP contribution in [-0.2, 0) is 14.8 Å². The van der Waals surface area contributed by atoms with Crippen LogP contribution in [0.4, 0.5) is 5.69 Å². The molecular formula is C24H27N3O5S. The summed E-state index contributed by atoms with van der Waals surface area (Å²) in [7, 11) is -3.63. The van der Waals surface area contributed by atoms with E-state index in [1.54, 1.807) is 12.3 Å². The SMILES string of the molecule is Cc1ccc(NC(=O)CCCCCNS(=O)(=O)c2ccc3c(c2)OCCO3)c2cccnc12. The van der Waals surface area contributed by atoms with Gasteiger partial charge < -0.3 is 14.8 Å². The van der Waals surface area contributed by atoms with Crippen LogP contribution in [0, 0.1) is 6.92 Å². The molecule has 0 fully saturated rings. The summed E-state index contributed by atoms with van der Waals surface area (Å²) in [6, 6.07) is 12.2.